The maximum absolute atomic E-state index is 12.7. The summed E-state index contributed by atoms with van der Waals surface area (Å²) in [6, 6.07) is 3.13. The number of carbonyl (C=O) groups is 1. The number of nitrogens with zero attached hydrogens (tertiary/aromatic N) is 1. The summed E-state index contributed by atoms with van der Waals surface area (Å²) in [7, 11) is 0.892. The lowest BCUT2D eigenvalue weighted by Crippen LogP contribution is -2.13. The quantitative estimate of drug-likeness (QED) is 0.627. The second-order valence-corrected chi connectivity index (χ2v) is 3.19. The van der Waals surface area contributed by atoms with Gasteiger partial charge in [-0.25, -0.2) is 13.6 Å². The van der Waals surface area contributed by atoms with E-state index in [4.69, 9.17) is 5.26 Å². The minimum atomic E-state index is -3.37. The van der Waals surface area contributed by atoms with Crippen molar-refractivity contribution in [3.63, 3.8) is 0 Å². The number of nitriles is 1. The van der Waals surface area contributed by atoms with Crippen molar-refractivity contribution in [2.24, 2.45) is 0 Å². The van der Waals surface area contributed by atoms with Crippen molar-refractivity contribution in [2.45, 2.75) is 13.0 Å². The van der Waals surface area contributed by atoms with E-state index in [-0.39, 0.29) is 0 Å². The fourth-order valence-corrected chi connectivity index (χ4v) is 1.39. The van der Waals surface area contributed by atoms with Crippen LogP contribution in [0.15, 0.2) is 12.1 Å². The van der Waals surface area contributed by atoms with Gasteiger partial charge >= 0.3 is 12.6 Å². The monoisotopic (exact) mass is 277 g/mol. The van der Waals surface area contributed by atoms with E-state index in [0.717, 1.165) is 19.2 Å². The normalized spacial score (nSPS) is 10.4. The Bertz CT molecular complexity index is 525. The molecule has 19 heavy (non-hydrogen) atoms. The third-order valence-corrected chi connectivity index (χ3v) is 2.14. The number of benzene rings is 1. The average Bonchev–Trinajstić information content (AvgIpc) is 2.36. The summed E-state index contributed by atoms with van der Waals surface area (Å²) in [4.78, 5) is 11.4. The van der Waals surface area contributed by atoms with Crippen LogP contribution in [0.25, 0.3) is 0 Å². The Morgan fingerprint density at radius 2 is 1.95 bits per heavy atom. The van der Waals surface area contributed by atoms with Crippen molar-refractivity contribution < 1.29 is 31.8 Å². The zero-order chi connectivity index (χ0) is 14.6. The number of methoxy groups -OCH3 is 1. The molecule has 0 fully saturated rings. The molecule has 0 saturated carbocycles. The molecule has 8 heteroatoms. The highest BCUT2D eigenvalue weighted by atomic mass is 19.3. The molecular weight excluding hydrogens is 270 g/mol. The van der Waals surface area contributed by atoms with E-state index in [1.807, 2.05) is 0 Å². The van der Waals surface area contributed by atoms with Crippen molar-refractivity contribution in [1.29, 1.82) is 5.26 Å². The molecule has 1 aromatic carbocycles. The summed E-state index contributed by atoms with van der Waals surface area (Å²) >= 11 is 0. The summed E-state index contributed by atoms with van der Waals surface area (Å²) < 4.78 is 58.2. The number of ether oxygens (including phenoxy) is 2. The number of hydrogen-bond acceptors (Lipinski definition) is 4. The Hall–Kier alpha value is -2.30. The molecule has 0 spiro atoms. The molecule has 0 heterocycles. The molecule has 102 valence electrons. The largest absolute Gasteiger partial charge is 0.465 e. The predicted molar refractivity (Wildman–Crippen MR) is 54.1 cm³/mol. The van der Waals surface area contributed by atoms with Gasteiger partial charge in [-0.15, -0.1) is 0 Å². The maximum Gasteiger partial charge on any atom is 0.387 e. The van der Waals surface area contributed by atoms with Gasteiger partial charge < -0.3 is 9.47 Å². The fraction of sp³-hybridized carbons (Fsp3) is 0.273. The lowest BCUT2D eigenvalue weighted by Gasteiger charge is -2.14. The molecule has 0 N–H and O–H groups in total. The topological polar surface area (TPSA) is 59.3 Å². The molecule has 0 atom stereocenters. The summed E-state index contributed by atoms with van der Waals surface area (Å²) in [6.07, 6.45) is -3.11. The molecule has 0 aromatic heterocycles. The van der Waals surface area contributed by atoms with Crippen molar-refractivity contribution >= 4 is 5.97 Å². The van der Waals surface area contributed by atoms with E-state index >= 15 is 0 Å². The van der Waals surface area contributed by atoms with Crippen LogP contribution >= 0.6 is 0 Å². The highest BCUT2D eigenvalue weighted by Crippen LogP contribution is 2.34. The van der Waals surface area contributed by atoms with Crippen molar-refractivity contribution in [3.8, 4) is 11.8 Å². The molecule has 0 aliphatic rings. The van der Waals surface area contributed by atoms with E-state index < -0.39 is 41.4 Å². The van der Waals surface area contributed by atoms with Gasteiger partial charge in [0.05, 0.1) is 12.7 Å². The Morgan fingerprint density at radius 3 is 2.37 bits per heavy atom. The molecule has 0 unspecified atom stereocenters. The molecule has 0 radical (unpaired) electrons. The zero-order valence-corrected chi connectivity index (χ0v) is 9.49. The molecule has 4 nitrogen and oxygen atoms in total. The zero-order valence-electron chi connectivity index (χ0n) is 9.49. The molecule has 1 aromatic rings. The number of carbonyl (C=O) groups excluding carboxylic acids is 1. The summed E-state index contributed by atoms with van der Waals surface area (Å²) in [5.74, 6) is -2.20. The first kappa shape index (κ1) is 14.8. The van der Waals surface area contributed by atoms with E-state index in [9.17, 15) is 22.4 Å². The lowest BCUT2D eigenvalue weighted by molar-refractivity contribution is -0.0508. The second-order valence-electron chi connectivity index (χ2n) is 3.19. The first-order valence-corrected chi connectivity index (χ1v) is 4.80. The van der Waals surface area contributed by atoms with Crippen molar-refractivity contribution in [2.75, 3.05) is 7.11 Å². The highest BCUT2D eigenvalue weighted by molar-refractivity contribution is 5.95. The average molecular weight is 277 g/mol. The number of hydrogen-bond donors (Lipinski definition) is 0. The van der Waals surface area contributed by atoms with Crippen LogP contribution in [0.1, 0.15) is 27.9 Å². The van der Waals surface area contributed by atoms with E-state index in [1.165, 1.54) is 6.07 Å². The molecule has 0 saturated heterocycles. The summed E-state index contributed by atoms with van der Waals surface area (Å²) in [5, 5.41) is 8.73. The van der Waals surface area contributed by atoms with E-state index in [1.54, 1.807) is 0 Å². The third kappa shape index (κ3) is 3.13. The van der Waals surface area contributed by atoms with Gasteiger partial charge in [0.15, 0.2) is 5.75 Å². The Kier molecular flexibility index (Phi) is 4.69. The number of alkyl halides is 4. The minimum absolute atomic E-state index is 0.467. The maximum atomic E-state index is 12.7. The standard InChI is InChI=1S/C11H7F4NO3/c1-18-10(17)7-6(9(12)13)3-2-5(4-16)8(7)19-11(14)15/h2-3,9,11H,1H3. The first-order chi connectivity index (χ1) is 8.92. The van der Waals surface area contributed by atoms with E-state index in [2.05, 4.69) is 9.47 Å². The third-order valence-electron chi connectivity index (χ3n) is 2.14. The molecular formula is C11H7F4NO3. The minimum Gasteiger partial charge on any atom is -0.465 e. The first-order valence-electron chi connectivity index (χ1n) is 4.80. The van der Waals surface area contributed by atoms with Gasteiger partial charge in [-0.3, -0.25) is 0 Å². The van der Waals surface area contributed by atoms with Crippen LogP contribution in [0.3, 0.4) is 0 Å². The molecule has 1 rings (SSSR count). The van der Waals surface area contributed by atoms with Gasteiger partial charge in [-0.05, 0) is 6.07 Å². The van der Waals surface area contributed by atoms with Crippen molar-refractivity contribution in [3.05, 3.63) is 28.8 Å². The predicted octanol–water partition coefficient (Wildman–Crippen LogP) is 2.88. The van der Waals surface area contributed by atoms with Crippen molar-refractivity contribution in [1.82, 2.24) is 0 Å². The highest BCUT2D eigenvalue weighted by Gasteiger charge is 2.27. The molecule has 0 aliphatic heterocycles. The van der Waals surface area contributed by atoms with Gasteiger partial charge in [-0.1, -0.05) is 6.07 Å². The van der Waals surface area contributed by atoms with Crippen LogP contribution in [0.2, 0.25) is 0 Å². The Morgan fingerprint density at radius 1 is 1.32 bits per heavy atom. The number of rotatable bonds is 4. The molecule has 0 amide bonds. The number of halogens is 4. The molecule has 0 bridgehead atoms. The van der Waals surface area contributed by atoms with Gasteiger partial charge in [0.2, 0.25) is 0 Å². The van der Waals surface area contributed by atoms with Crippen LogP contribution in [-0.4, -0.2) is 19.7 Å². The summed E-state index contributed by atoms with van der Waals surface area (Å²) in [5.41, 5.74) is -2.19. The van der Waals surface area contributed by atoms with Gasteiger partial charge in [0.25, 0.3) is 6.43 Å². The smallest absolute Gasteiger partial charge is 0.387 e. The van der Waals surface area contributed by atoms with Crippen LogP contribution in [0.4, 0.5) is 17.6 Å². The van der Waals surface area contributed by atoms with Gasteiger partial charge in [-0.2, -0.15) is 14.0 Å². The van der Waals surface area contributed by atoms with Gasteiger partial charge in [0.1, 0.15) is 11.6 Å². The Labute approximate surface area is 105 Å². The van der Waals surface area contributed by atoms with Crippen LogP contribution in [-0.2, 0) is 4.74 Å². The summed E-state index contributed by atoms with van der Waals surface area (Å²) in [6.45, 7) is -3.37. The van der Waals surface area contributed by atoms with Gasteiger partial charge in [0, 0.05) is 5.56 Å². The fourth-order valence-electron chi connectivity index (χ4n) is 1.39. The lowest BCUT2D eigenvalue weighted by atomic mass is 10.0. The van der Waals surface area contributed by atoms with Crippen LogP contribution in [0.5, 0.6) is 5.75 Å². The van der Waals surface area contributed by atoms with E-state index in [0.29, 0.717) is 0 Å². The van der Waals surface area contributed by atoms with Crippen LogP contribution in [0, 0.1) is 11.3 Å². The molecule has 0 aliphatic carbocycles. The SMILES string of the molecule is COC(=O)c1c(C(F)F)ccc(C#N)c1OC(F)F. The van der Waals surface area contributed by atoms with Crippen LogP contribution < -0.4 is 4.74 Å². The second kappa shape index (κ2) is 6.04. The Balaban J connectivity index is 3.56. The number of esters is 1.